The molecule has 5 heteroatoms. The van der Waals surface area contributed by atoms with Gasteiger partial charge in [-0.2, -0.15) is 0 Å². The van der Waals surface area contributed by atoms with Crippen LogP contribution in [0, 0.1) is 6.92 Å². The first-order valence-corrected chi connectivity index (χ1v) is 9.40. The molecule has 0 bridgehead atoms. The number of hydrogen-bond donors (Lipinski definition) is 1. The first-order chi connectivity index (χ1) is 12.7. The van der Waals surface area contributed by atoms with Gasteiger partial charge >= 0.3 is 0 Å². The van der Waals surface area contributed by atoms with Crippen LogP contribution in [0.15, 0.2) is 36.4 Å². The minimum atomic E-state index is 0.313. The standard InChI is InChI=1S/C21H26ClNO3/c1-15-5-3-6-16(9-15)14-26-21-11-19(22)17(10-20(21)24-2)12-23-13-18-7-4-8-25-18/h3,5-6,9-11,18,23H,4,7-8,12-14H2,1-2H3. The van der Waals surface area contributed by atoms with Crippen LogP contribution in [0.2, 0.25) is 5.02 Å². The summed E-state index contributed by atoms with van der Waals surface area (Å²) < 4.78 is 17.1. The molecule has 0 amide bonds. The van der Waals surface area contributed by atoms with Gasteiger partial charge < -0.3 is 19.5 Å². The van der Waals surface area contributed by atoms with E-state index in [1.165, 1.54) is 5.56 Å². The molecule has 1 unspecified atom stereocenters. The van der Waals surface area contributed by atoms with Crippen molar-refractivity contribution < 1.29 is 14.2 Å². The predicted octanol–water partition coefficient (Wildman–Crippen LogP) is 4.50. The quantitative estimate of drug-likeness (QED) is 0.737. The minimum Gasteiger partial charge on any atom is -0.493 e. The lowest BCUT2D eigenvalue weighted by Crippen LogP contribution is -2.25. The van der Waals surface area contributed by atoms with Crippen LogP contribution in [0.25, 0.3) is 0 Å². The molecular formula is C21H26ClNO3. The van der Waals surface area contributed by atoms with Gasteiger partial charge in [-0.3, -0.25) is 0 Å². The largest absolute Gasteiger partial charge is 0.493 e. The van der Waals surface area contributed by atoms with Crippen molar-refractivity contribution in [3.63, 3.8) is 0 Å². The molecule has 140 valence electrons. The van der Waals surface area contributed by atoms with Crippen LogP contribution in [-0.4, -0.2) is 26.4 Å². The van der Waals surface area contributed by atoms with Gasteiger partial charge in [0.15, 0.2) is 11.5 Å². The summed E-state index contributed by atoms with van der Waals surface area (Å²) >= 11 is 6.45. The van der Waals surface area contributed by atoms with E-state index in [0.29, 0.717) is 35.8 Å². The smallest absolute Gasteiger partial charge is 0.163 e. The number of ether oxygens (including phenoxy) is 3. The molecule has 1 N–H and O–H groups in total. The van der Waals surface area contributed by atoms with Crippen molar-refractivity contribution in [2.75, 3.05) is 20.3 Å². The van der Waals surface area contributed by atoms with Crippen molar-refractivity contribution in [2.45, 2.75) is 39.0 Å². The van der Waals surface area contributed by atoms with E-state index < -0.39 is 0 Å². The highest BCUT2D eigenvalue weighted by molar-refractivity contribution is 6.31. The molecule has 1 saturated heterocycles. The Labute approximate surface area is 160 Å². The second kappa shape index (κ2) is 9.26. The van der Waals surface area contributed by atoms with Gasteiger partial charge in [0, 0.05) is 30.8 Å². The van der Waals surface area contributed by atoms with Crippen LogP contribution < -0.4 is 14.8 Å². The Morgan fingerprint density at radius 3 is 2.85 bits per heavy atom. The van der Waals surface area contributed by atoms with Crippen molar-refractivity contribution in [1.82, 2.24) is 5.32 Å². The number of halogens is 1. The van der Waals surface area contributed by atoms with Crippen molar-refractivity contribution in [3.8, 4) is 11.5 Å². The Morgan fingerprint density at radius 1 is 1.23 bits per heavy atom. The topological polar surface area (TPSA) is 39.7 Å². The maximum Gasteiger partial charge on any atom is 0.163 e. The molecule has 1 atom stereocenters. The minimum absolute atomic E-state index is 0.313. The Morgan fingerprint density at radius 2 is 2.12 bits per heavy atom. The maximum atomic E-state index is 6.45. The third-order valence-corrected chi connectivity index (χ3v) is 4.87. The zero-order chi connectivity index (χ0) is 18.4. The summed E-state index contributed by atoms with van der Waals surface area (Å²) in [5.41, 5.74) is 3.32. The van der Waals surface area contributed by atoms with Crippen LogP contribution in [-0.2, 0) is 17.9 Å². The maximum absolute atomic E-state index is 6.45. The highest BCUT2D eigenvalue weighted by Crippen LogP contribution is 2.34. The second-order valence-electron chi connectivity index (χ2n) is 6.64. The number of nitrogens with one attached hydrogen (secondary N) is 1. The molecule has 0 aromatic heterocycles. The predicted molar refractivity (Wildman–Crippen MR) is 104 cm³/mol. The molecule has 1 aliphatic rings. The highest BCUT2D eigenvalue weighted by atomic mass is 35.5. The van der Waals surface area contributed by atoms with Crippen molar-refractivity contribution in [3.05, 3.63) is 58.1 Å². The average molecular weight is 376 g/mol. The first kappa shape index (κ1) is 19.0. The van der Waals surface area contributed by atoms with Crippen LogP contribution in [0.1, 0.15) is 29.5 Å². The zero-order valence-electron chi connectivity index (χ0n) is 15.4. The molecule has 0 radical (unpaired) electrons. The summed E-state index contributed by atoms with van der Waals surface area (Å²) in [5.74, 6) is 1.35. The van der Waals surface area contributed by atoms with Gasteiger partial charge in [0.25, 0.3) is 0 Å². The van der Waals surface area contributed by atoms with Gasteiger partial charge in [-0.15, -0.1) is 0 Å². The van der Waals surface area contributed by atoms with E-state index in [2.05, 4.69) is 24.4 Å². The Balaban J connectivity index is 1.62. The molecule has 1 heterocycles. The third-order valence-electron chi connectivity index (χ3n) is 4.52. The van der Waals surface area contributed by atoms with E-state index in [1.54, 1.807) is 7.11 Å². The Kier molecular flexibility index (Phi) is 6.78. The number of aryl methyl sites for hydroxylation is 1. The molecule has 26 heavy (non-hydrogen) atoms. The molecule has 2 aromatic carbocycles. The molecule has 0 aliphatic carbocycles. The monoisotopic (exact) mass is 375 g/mol. The number of hydrogen-bond acceptors (Lipinski definition) is 4. The van der Waals surface area contributed by atoms with Crippen molar-refractivity contribution >= 4 is 11.6 Å². The van der Waals surface area contributed by atoms with Gasteiger partial charge in [0.05, 0.1) is 13.2 Å². The highest BCUT2D eigenvalue weighted by Gasteiger charge is 2.16. The normalized spacial score (nSPS) is 16.7. The summed E-state index contributed by atoms with van der Waals surface area (Å²) in [7, 11) is 1.65. The zero-order valence-corrected chi connectivity index (χ0v) is 16.1. The van der Waals surface area contributed by atoms with E-state index in [0.717, 1.165) is 37.1 Å². The summed E-state index contributed by atoms with van der Waals surface area (Å²) in [5, 5.41) is 4.08. The van der Waals surface area contributed by atoms with Crippen molar-refractivity contribution in [2.24, 2.45) is 0 Å². The van der Waals surface area contributed by atoms with Crippen LogP contribution in [0.5, 0.6) is 11.5 Å². The molecule has 2 aromatic rings. The van der Waals surface area contributed by atoms with Crippen LogP contribution >= 0.6 is 11.6 Å². The van der Waals surface area contributed by atoms with Gasteiger partial charge in [-0.25, -0.2) is 0 Å². The average Bonchev–Trinajstić information content (AvgIpc) is 3.15. The lowest BCUT2D eigenvalue weighted by Gasteiger charge is -2.15. The molecule has 4 nitrogen and oxygen atoms in total. The van der Waals surface area contributed by atoms with Crippen molar-refractivity contribution in [1.29, 1.82) is 0 Å². The van der Waals surface area contributed by atoms with Gasteiger partial charge in [0.2, 0.25) is 0 Å². The summed E-state index contributed by atoms with van der Waals surface area (Å²) in [6, 6.07) is 12.0. The van der Waals surface area contributed by atoms with E-state index in [9.17, 15) is 0 Å². The molecular weight excluding hydrogens is 350 g/mol. The number of rotatable bonds is 8. The second-order valence-corrected chi connectivity index (χ2v) is 7.05. The van der Waals surface area contributed by atoms with Crippen LogP contribution in [0.4, 0.5) is 0 Å². The SMILES string of the molecule is COc1cc(CNCC2CCCO2)c(Cl)cc1OCc1cccc(C)c1. The first-order valence-electron chi connectivity index (χ1n) is 9.03. The number of benzene rings is 2. The van der Waals surface area contributed by atoms with E-state index >= 15 is 0 Å². The summed E-state index contributed by atoms with van der Waals surface area (Å²) in [6.45, 7) is 4.93. The summed E-state index contributed by atoms with van der Waals surface area (Å²) in [6.07, 6.45) is 2.58. The lowest BCUT2D eigenvalue weighted by atomic mass is 10.1. The molecule has 1 fully saturated rings. The Hall–Kier alpha value is -1.75. The fourth-order valence-corrected chi connectivity index (χ4v) is 3.34. The lowest BCUT2D eigenvalue weighted by molar-refractivity contribution is 0.110. The van der Waals surface area contributed by atoms with E-state index in [4.69, 9.17) is 25.8 Å². The van der Waals surface area contributed by atoms with Gasteiger partial charge in [-0.1, -0.05) is 41.4 Å². The molecule has 0 saturated carbocycles. The molecule has 1 aliphatic heterocycles. The summed E-state index contributed by atoms with van der Waals surface area (Å²) in [4.78, 5) is 0. The van der Waals surface area contributed by atoms with E-state index in [-0.39, 0.29) is 0 Å². The molecule has 3 rings (SSSR count). The Bertz CT molecular complexity index is 729. The van der Waals surface area contributed by atoms with Crippen LogP contribution in [0.3, 0.4) is 0 Å². The fraction of sp³-hybridized carbons (Fsp3) is 0.429. The van der Waals surface area contributed by atoms with Gasteiger partial charge in [-0.05, 0) is 37.0 Å². The fourth-order valence-electron chi connectivity index (χ4n) is 3.12. The van der Waals surface area contributed by atoms with E-state index in [1.807, 2.05) is 24.3 Å². The third kappa shape index (κ3) is 5.13. The van der Waals surface area contributed by atoms with Gasteiger partial charge in [0.1, 0.15) is 6.61 Å². The molecule has 0 spiro atoms. The number of methoxy groups -OCH3 is 1.